The second-order valence-corrected chi connectivity index (χ2v) is 6.87. The molecule has 1 amide bonds. The van der Waals surface area contributed by atoms with E-state index in [1.54, 1.807) is 39.4 Å². The van der Waals surface area contributed by atoms with E-state index in [1.165, 1.54) is 23.8 Å². The number of esters is 1. The van der Waals surface area contributed by atoms with E-state index in [2.05, 4.69) is 4.99 Å². The monoisotopic (exact) mass is 361 g/mol. The maximum Gasteiger partial charge on any atom is 0.338 e. The first kappa shape index (κ1) is 17.3. The van der Waals surface area contributed by atoms with Gasteiger partial charge in [0.2, 0.25) is 0 Å². The summed E-state index contributed by atoms with van der Waals surface area (Å²) < 4.78 is 10.5. The van der Waals surface area contributed by atoms with Crippen molar-refractivity contribution in [2.45, 2.75) is 19.9 Å². The summed E-state index contributed by atoms with van der Waals surface area (Å²) in [6.45, 7) is 3.60. The smallest absolute Gasteiger partial charge is 0.338 e. The van der Waals surface area contributed by atoms with Crippen LogP contribution in [0.25, 0.3) is 0 Å². The largest absolute Gasteiger partial charge is 0.467 e. The molecule has 0 fully saturated rings. The molecule has 1 atom stereocenters. The van der Waals surface area contributed by atoms with Gasteiger partial charge in [-0.2, -0.15) is 0 Å². The number of hydrogen-bond donors (Lipinski definition) is 0. The molecule has 0 saturated carbocycles. The fourth-order valence-corrected chi connectivity index (χ4v) is 4.09. The highest BCUT2D eigenvalue weighted by Crippen LogP contribution is 2.47. The Bertz CT molecular complexity index is 821. The minimum atomic E-state index is -0.519. The highest BCUT2D eigenvalue weighted by molar-refractivity contribution is 8.18. The molecule has 1 aromatic rings. The Balaban J connectivity index is 2.15. The molecule has 1 aromatic heterocycles. The summed E-state index contributed by atoms with van der Waals surface area (Å²) in [4.78, 5) is 33.4. The topological polar surface area (TPSA) is 75.3 Å². The molecule has 2 aliphatic heterocycles. The maximum atomic E-state index is 12.5. The van der Waals surface area contributed by atoms with Gasteiger partial charge in [-0.1, -0.05) is 0 Å². The highest BCUT2D eigenvalue weighted by atomic mass is 32.2. The number of carbonyl (C=O) groups excluding carboxylic acids is 2. The van der Waals surface area contributed by atoms with Crippen molar-refractivity contribution in [1.82, 2.24) is 9.80 Å². The summed E-state index contributed by atoms with van der Waals surface area (Å²) in [5.41, 5.74) is 1.69. The van der Waals surface area contributed by atoms with Crippen molar-refractivity contribution in [3.05, 3.63) is 46.0 Å². The van der Waals surface area contributed by atoms with Gasteiger partial charge in [-0.3, -0.25) is 4.79 Å². The summed E-state index contributed by atoms with van der Waals surface area (Å²) in [7, 11) is 4.74. The van der Waals surface area contributed by atoms with Gasteiger partial charge < -0.3 is 19.0 Å². The SMILES string of the molecule is COC(=O)C1=C(C)N=C2SC(C(=O)N(C)C)=C(C)N2[C@@H]1c1ccco1. The van der Waals surface area contributed by atoms with Crippen molar-refractivity contribution in [3.8, 4) is 0 Å². The van der Waals surface area contributed by atoms with Gasteiger partial charge in [-0.25, -0.2) is 9.79 Å². The first-order chi connectivity index (χ1) is 11.9. The van der Waals surface area contributed by atoms with Crippen LogP contribution in [-0.2, 0) is 14.3 Å². The number of fused-ring (bicyclic) bond motifs is 1. The zero-order valence-electron chi connectivity index (χ0n) is 14.7. The van der Waals surface area contributed by atoms with Crippen LogP contribution in [0.2, 0.25) is 0 Å². The van der Waals surface area contributed by atoms with E-state index < -0.39 is 12.0 Å². The molecule has 0 N–H and O–H groups in total. The molecule has 132 valence electrons. The van der Waals surface area contributed by atoms with Crippen molar-refractivity contribution in [1.29, 1.82) is 0 Å². The van der Waals surface area contributed by atoms with E-state index in [0.717, 1.165) is 5.70 Å². The number of carbonyl (C=O) groups is 2. The number of nitrogens with zero attached hydrogens (tertiary/aromatic N) is 3. The Morgan fingerprint density at radius 1 is 1.36 bits per heavy atom. The Kier molecular flexibility index (Phi) is 4.47. The summed E-state index contributed by atoms with van der Waals surface area (Å²) >= 11 is 1.30. The Morgan fingerprint density at radius 2 is 2.08 bits per heavy atom. The van der Waals surface area contributed by atoms with Crippen LogP contribution < -0.4 is 0 Å². The Hall–Kier alpha value is -2.48. The van der Waals surface area contributed by atoms with Gasteiger partial charge in [0.15, 0.2) is 5.17 Å². The molecular weight excluding hydrogens is 342 g/mol. The average molecular weight is 361 g/mol. The average Bonchev–Trinajstić information content (AvgIpc) is 3.20. The lowest BCUT2D eigenvalue weighted by Crippen LogP contribution is -2.35. The van der Waals surface area contributed by atoms with Gasteiger partial charge in [-0.05, 0) is 37.7 Å². The number of furan rings is 1. The number of ether oxygens (including phenoxy) is 1. The van der Waals surface area contributed by atoms with Crippen LogP contribution in [0, 0.1) is 0 Å². The molecule has 0 unspecified atom stereocenters. The van der Waals surface area contributed by atoms with Gasteiger partial charge in [0.05, 0.1) is 29.5 Å². The summed E-state index contributed by atoms with van der Waals surface area (Å²) in [5.74, 6) is 0.0209. The number of methoxy groups -OCH3 is 1. The second-order valence-electron chi connectivity index (χ2n) is 5.89. The van der Waals surface area contributed by atoms with Gasteiger partial charge in [-0.15, -0.1) is 0 Å². The van der Waals surface area contributed by atoms with Crippen molar-refractivity contribution in [2.24, 2.45) is 4.99 Å². The van der Waals surface area contributed by atoms with Crippen LogP contribution >= 0.6 is 11.8 Å². The van der Waals surface area contributed by atoms with Crippen LogP contribution in [-0.4, -0.2) is 48.0 Å². The lowest BCUT2D eigenvalue weighted by Gasteiger charge is -2.33. The number of rotatable bonds is 3. The molecule has 8 heteroatoms. The number of likely N-dealkylation sites (N-methyl/N-ethyl adjacent to an activating group) is 1. The van der Waals surface area contributed by atoms with Crippen molar-refractivity contribution < 1.29 is 18.7 Å². The van der Waals surface area contributed by atoms with E-state index in [-0.39, 0.29) is 5.91 Å². The summed E-state index contributed by atoms with van der Waals surface area (Å²) in [6.07, 6.45) is 1.55. The third-order valence-corrected chi connectivity index (χ3v) is 5.24. The zero-order valence-corrected chi connectivity index (χ0v) is 15.5. The molecule has 3 rings (SSSR count). The summed E-state index contributed by atoms with van der Waals surface area (Å²) in [5, 5.41) is 0.647. The standard InChI is InChI=1S/C17H19N3O4S/c1-9-12(16(22)23-5)13(11-7-6-8-24-11)20-10(2)14(15(21)19(3)4)25-17(20)18-9/h6-8,13H,1-5H3/t13-/m1/s1. The second kappa shape index (κ2) is 6.44. The van der Waals surface area contributed by atoms with E-state index in [0.29, 0.717) is 27.1 Å². The molecule has 0 aromatic carbocycles. The molecule has 0 bridgehead atoms. The van der Waals surface area contributed by atoms with Crippen molar-refractivity contribution in [3.63, 3.8) is 0 Å². The van der Waals surface area contributed by atoms with Gasteiger partial charge >= 0.3 is 5.97 Å². The van der Waals surface area contributed by atoms with Crippen LogP contribution in [0.4, 0.5) is 0 Å². The van der Waals surface area contributed by atoms with Crippen molar-refractivity contribution in [2.75, 3.05) is 21.2 Å². The number of aliphatic imine (C=N–C) groups is 1. The molecule has 0 spiro atoms. The molecule has 0 aliphatic carbocycles. The molecule has 2 aliphatic rings. The lowest BCUT2D eigenvalue weighted by atomic mass is 9.99. The predicted octanol–water partition coefficient (Wildman–Crippen LogP) is 2.51. The summed E-state index contributed by atoms with van der Waals surface area (Å²) in [6, 6.07) is 3.04. The molecule has 3 heterocycles. The van der Waals surface area contributed by atoms with Crippen molar-refractivity contribution >= 4 is 28.8 Å². The quantitative estimate of drug-likeness (QED) is 0.770. The first-order valence-electron chi connectivity index (χ1n) is 7.67. The van der Waals surface area contributed by atoms with Crippen LogP contribution in [0.15, 0.2) is 49.7 Å². The molecule has 0 radical (unpaired) electrons. The van der Waals surface area contributed by atoms with Gasteiger partial charge in [0.1, 0.15) is 11.8 Å². The van der Waals surface area contributed by atoms with Gasteiger partial charge in [0, 0.05) is 19.8 Å². The number of amidine groups is 1. The van der Waals surface area contributed by atoms with Crippen LogP contribution in [0.5, 0.6) is 0 Å². The van der Waals surface area contributed by atoms with E-state index >= 15 is 0 Å². The predicted molar refractivity (Wildman–Crippen MR) is 94.4 cm³/mol. The third-order valence-electron chi connectivity index (χ3n) is 4.09. The minimum Gasteiger partial charge on any atom is -0.467 e. The van der Waals surface area contributed by atoms with E-state index in [9.17, 15) is 9.59 Å². The zero-order chi connectivity index (χ0) is 18.3. The van der Waals surface area contributed by atoms with Gasteiger partial charge in [0.25, 0.3) is 5.91 Å². The maximum absolute atomic E-state index is 12.5. The molecule has 25 heavy (non-hydrogen) atoms. The lowest BCUT2D eigenvalue weighted by molar-refractivity contribution is -0.137. The number of hydrogen-bond acceptors (Lipinski definition) is 7. The highest BCUT2D eigenvalue weighted by Gasteiger charge is 2.44. The molecular formula is C17H19N3O4S. The Morgan fingerprint density at radius 3 is 2.64 bits per heavy atom. The number of thioether (sulfide) groups is 1. The number of amides is 1. The number of allylic oxidation sites excluding steroid dienone is 2. The Labute approximate surface area is 150 Å². The normalized spacial score (nSPS) is 19.8. The van der Waals surface area contributed by atoms with E-state index in [4.69, 9.17) is 9.15 Å². The molecule has 7 nitrogen and oxygen atoms in total. The van der Waals surface area contributed by atoms with Crippen LogP contribution in [0.1, 0.15) is 25.6 Å². The first-order valence-corrected chi connectivity index (χ1v) is 8.49. The fourth-order valence-electron chi connectivity index (χ4n) is 2.87. The van der Waals surface area contributed by atoms with Crippen LogP contribution in [0.3, 0.4) is 0 Å². The van der Waals surface area contributed by atoms with E-state index in [1.807, 2.05) is 11.8 Å². The molecule has 0 saturated heterocycles. The minimum absolute atomic E-state index is 0.102. The fraction of sp³-hybridized carbons (Fsp3) is 0.353. The third kappa shape index (κ3) is 2.76.